The molecule has 0 saturated heterocycles. The standard InChI is InChI=1S/C22H20N4O3/c27-20(17-9-5-2-6-10-17)24-19(15-16-7-3-1-4-8-16)22(29)26-25-21(28)18-11-13-23-14-12-18/h1-14,19H,15H2,(H,24,27)(H,25,28)(H,26,29)/t19-/m1/s1. The van der Waals surface area contributed by atoms with Gasteiger partial charge in [0.05, 0.1) is 0 Å². The van der Waals surface area contributed by atoms with Crippen LogP contribution in [0, 0.1) is 0 Å². The number of amides is 3. The van der Waals surface area contributed by atoms with E-state index in [9.17, 15) is 14.4 Å². The van der Waals surface area contributed by atoms with Gasteiger partial charge in [-0.3, -0.25) is 30.2 Å². The Morgan fingerprint density at radius 1 is 0.724 bits per heavy atom. The number of nitrogens with one attached hydrogen (secondary N) is 3. The number of hydrogen-bond donors (Lipinski definition) is 3. The number of hydrogen-bond acceptors (Lipinski definition) is 4. The Morgan fingerprint density at radius 2 is 1.31 bits per heavy atom. The molecule has 3 amide bonds. The Hall–Kier alpha value is -4.00. The lowest BCUT2D eigenvalue weighted by atomic mass is 10.0. The number of carbonyl (C=O) groups excluding carboxylic acids is 3. The Morgan fingerprint density at radius 3 is 1.97 bits per heavy atom. The fraction of sp³-hybridized carbons (Fsp3) is 0.0909. The highest BCUT2D eigenvalue weighted by Crippen LogP contribution is 2.06. The summed E-state index contributed by atoms with van der Waals surface area (Å²) in [5.41, 5.74) is 6.42. The van der Waals surface area contributed by atoms with Crippen molar-refractivity contribution in [1.29, 1.82) is 0 Å². The molecule has 0 fully saturated rings. The average Bonchev–Trinajstić information content (AvgIpc) is 2.78. The lowest BCUT2D eigenvalue weighted by Crippen LogP contribution is -2.53. The first-order valence-electron chi connectivity index (χ1n) is 9.03. The van der Waals surface area contributed by atoms with Crippen LogP contribution in [0.15, 0.2) is 85.2 Å². The Balaban J connectivity index is 1.68. The molecule has 1 atom stereocenters. The number of hydrazine groups is 1. The van der Waals surface area contributed by atoms with Crippen molar-refractivity contribution >= 4 is 17.7 Å². The molecule has 0 bridgehead atoms. The van der Waals surface area contributed by atoms with E-state index in [4.69, 9.17) is 0 Å². The van der Waals surface area contributed by atoms with Crippen molar-refractivity contribution in [3.05, 3.63) is 102 Å². The molecular weight excluding hydrogens is 368 g/mol. The molecule has 3 rings (SSSR count). The van der Waals surface area contributed by atoms with Gasteiger partial charge < -0.3 is 5.32 Å². The SMILES string of the molecule is O=C(NNC(=O)[C@@H](Cc1ccccc1)NC(=O)c1ccccc1)c1ccncc1. The maximum absolute atomic E-state index is 12.7. The summed E-state index contributed by atoms with van der Waals surface area (Å²) in [6.45, 7) is 0. The van der Waals surface area contributed by atoms with Crippen LogP contribution in [0.25, 0.3) is 0 Å². The topological polar surface area (TPSA) is 100 Å². The van der Waals surface area contributed by atoms with Gasteiger partial charge in [-0.05, 0) is 29.8 Å². The molecule has 29 heavy (non-hydrogen) atoms. The molecule has 0 unspecified atom stereocenters. The van der Waals surface area contributed by atoms with Crippen LogP contribution in [-0.2, 0) is 11.2 Å². The maximum atomic E-state index is 12.7. The van der Waals surface area contributed by atoms with Gasteiger partial charge in [-0.15, -0.1) is 0 Å². The van der Waals surface area contributed by atoms with E-state index in [1.807, 2.05) is 30.3 Å². The Labute approximate surface area is 168 Å². The third-order valence-corrected chi connectivity index (χ3v) is 4.18. The quantitative estimate of drug-likeness (QED) is 0.562. The van der Waals surface area contributed by atoms with E-state index in [0.717, 1.165) is 5.56 Å². The minimum atomic E-state index is -0.872. The van der Waals surface area contributed by atoms with Gasteiger partial charge in [-0.25, -0.2) is 0 Å². The van der Waals surface area contributed by atoms with Gasteiger partial charge in [0.2, 0.25) is 0 Å². The zero-order valence-corrected chi connectivity index (χ0v) is 15.5. The van der Waals surface area contributed by atoms with Crippen LogP contribution in [0.2, 0.25) is 0 Å². The second-order valence-electron chi connectivity index (χ2n) is 6.26. The van der Waals surface area contributed by atoms with Crippen LogP contribution >= 0.6 is 0 Å². The van der Waals surface area contributed by atoms with Crippen LogP contribution in [0.5, 0.6) is 0 Å². The highest BCUT2D eigenvalue weighted by atomic mass is 16.2. The third-order valence-electron chi connectivity index (χ3n) is 4.18. The largest absolute Gasteiger partial charge is 0.340 e. The second kappa shape index (κ2) is 9.80. The van der Waals surface area contributed by atoms with Crippen molar-refractivity contribution in [3.8, 4) is 0 Å². The van der Waals surface area contributed by atoms with Crippen molar-refractivity contribution < 1.29 is 14.4 Å². The van der Waals surface area contributed by atoms with E-state index < -0.39 is 17.9 Å². The van der Waals surface area contributed by atoms with Gasteiger partial charge in [0, 0.05) is 29.9 Å². The minimum absolute atomic E-state index is 0.274. The molecule has 7 nitrogen and oxygen atoms in total. The van der Waals surface area contributed by atoms with Crippen LogP contribution < -0.4 is 16.2 Å². The molecule has 7 heteroatoms. The third kappa shape index (κ3) is 5.74. The van der Waals surface area contributed by atoms with Crippen molar-refractivity contribution in [2.45, 2.75) is 12.5 Å². The lowest BCUT2D eigenvalue weighted by molar-refractivity contribution is -0.123. The van der Waals surface area contributed by atoms with Crippen LogP contribution in [0.4, 0.5) is 0 Å². The summed E-state index contributed by atoms with van der Waals surface area (Å²) in [5, 5.41) is 2.73. The van der Waals surface area contributed by atoms with Crippen LogP contribution in [-0.4, -0.2) is 28.7 Å². The average molecular weight is 388 g/mol. The molecule has 0 aliphatic heterocycles. The maximum Gasteiger partial charge on any atom is 0.269 e. The zero-order valence-electron chi connectivity index (χ0n) is 15.5. The fourth-order valence-corrected chi connectivity index (χ4v) is 2.67. The molecule has 0 aliphatic rings. The lowest BCUT2D eigenvalue weighted by Gasteiger charge is -2.19. The molecule has 1 heterocycles. The molecule has 0 saturated carbocycles. The summed E-state index contributed by atoms with van der Waals surface area (Å²) in [6.07, 6.45) is 3.24. The second-order valence-corrected chi connectivity index (χ2v) is 6.26. The van der Waals surface area contributed by atoms with Gasteiger partial charge in [0.1, 0.15) is 6.04 Å². The predicted octanol–water partition coefficient (Wildman–Crippen LogP) is 1.88. The van der Waals surface area contributed by atoms with Gasteiger partial charge in [0.25, 0.3) is 17.7 Å². The molecule has 0 radical (unpaired) electrons. The number of rotatable bonds is 6. The van der Waals surface area contributed by atoms with Gasteiger partial charge in [-0.2, -0.15) is 0 Å². The van der Waals surface area contributed by atoms with Crippen LogP contribution in [0.3, 0.4) is 0 Å². The molecule has 0 spiro atoms. The number of carbonyl (C=O) groups is 3. The number of benzene rings is 2. The van der Waals surface area contributed by atoms with Crippen LogP contribution in [0.1, 0.15) is 26.3 Å². The van der Waals surface area contributed by atoms with Crippen molar-refractivity contribution in [2.75, 3.05) is 0 Å². The minimum Gasteiger partial charge on any atom is -0.340 e. The first kappa shape index (κ1) is 19.8. The summed E-state index contributed by atoms with van der Waals surface area (Å²) in [6, 6.07) is 20.1. The Kier molecular flexibility index (Phi) is 6.67. The van der Waals surface area contributed by atoms with E-state index in [0.29, 0.717) is 11.1 Å². The predicted molar refractivity (Wildman–Crippen MR) is 108 cm³/mol. The van der Waals surface area contributed by atoms with Crippen molar-refractivity contribution in [3.63, 3.8) is 0 Å². The molecule has 2 aromatic carbocycles. The fourth-order valence-electron chi connectivity index (χ4n) is 2.67. The summed E-state index contributed by atoms with van der Waals surface area (Å²) >= 11 is 0. The zero-order chi connectivity index (χ0) is 20.5. The van der Waals surface area contributed by atoms with E-state index in [2.05, 4.69) is 21.2 Å². The first-order valence-corrected chi connectivity index (χ1v) is 9.03. The highest BCUT2D eigenvalue weighted by Gasteiger charge is 2.22. The van der Waals surface area contributed by atoms with E-state index in [1.165, 1.54) is 24.5 Å². The molecular formula is C22H20N4O3. The monoisotopic (exact) mass is 388 g/mol. The first-order chi connectivity index (χ1) is 14.1. The Bertz CT molecular complexity index is 963. The molecule has 0 aliphatic carbocycles. The number of nitrogens with zero attached hydrogens (tertiary/aromatic N) is 1. The van der Waals surface area contributed by atoms with Crippen molar-refractivity contribution in [1.82, 2.24) is 21.2 Å². The highest BCUT2D eigenvalue weighted by molar-refractivity contribution is 5.99. The van der Waals surface area contributed by atoms with Gasteiger partial charge in [-0.1, -0.05) is 48.5 Å². The summed E-state index contributed by atoms with van der Waals surface area (Å²) in [5.74, 6) is -1.38. The normalized spacial score (nSPS) is 11.2. The van der Waals surface area contributed by atoms with E-state index in [1.54, 1.807) is 30.3 Å². The number of pyridine rings is 1. The van der Waals surface area contributed by atoms with Crippen molar-refractivity contribution in [2.24, 2.45) is 0 Å². The summed E-state index contributed by atoms with van der Waals surface area (Å²) in [7, 11) is 0. The summed E-state index contributed by atoms with van der Waals surface area (Å²) in [4.78, 5) is 41.2. The molecule has 3 aromatic rings. The summed E-state index contributed by atoms with van der Waals surface area (Å²) < 4.78 is 0. The van der Waals surface area contributed by atoms with E-state index in [-0.39, 0.29) is 12.3 Å². The molecule has 1 aromatic heterocycles. The van der Waals surface area contributed by atoms with E-state index >= 15 is 0 Å². The molecule has 3 N–H and O–H groups in total. The number of aromatic nitrogens is 1. The van der Waals surface area contributed by atoms with Gasteiger partial charge in [0.15, 0.2) is 0 Å². The van der Waals surface area contributed by atoms with Gasteiger partial charge >= 0.3 is 0 Å². The molecule has 146 valence electrons. The smallest absolute Gasteiger partial charge is 0.269 e.